The molecule has 0 saturated carbocycles. The SMILES string of the molecule is Cc1ccc(C(=O)NC(=S)Nc2ccc(CC(=O)N(C)C)cc2)cc1I. The van der Waals surface area contributed by atoms with Gasteiger partial charge in [-0.25, -0.2) is 0 Å². The standard InChI is InChI=1S/C19H20IN3O2S/c1-12-4-7-14(11-16(12)20)18(25)22-19(26)21-15-8-5-13(6-9-15)10-17(24)23(2)3/h4-9,11H,10H2,1-3H3,(H2,21,22,25,26). The maximum Gasteiger partial charge on any atom is 0.257 e. The number of nitrogens with one attached hydrogen (secondary N) is 2. The number of rotatable bonds is 4. The van der Waals surface area contributed by atoms with E-state index in [0.717, 1.165) is 20.4 Å². The zero-order valence-corrected chi connectivity index (χ0v) is 17.8. The average molecular weight is 481 g/mol. The molecule has 0 atom stereocenters. The predicted octanol–water partition coefficient (Wildman–Crippen LogP) is 3.36. The zero-order chi connectivity index (χ0) is 19.3. The van der Waals surface area contributed by atoms with E-state index in [-0.39, 0.29) is 16.9 Å². The van der Waals surface area contributed by atoms with Gasteiger partial charge in [0.25, 0.3) is 5.91 Å². The van der Waals surface area contributed by atoms with Crippen LogP contribution in [0.4, 0.5) is 5.69 Å². The van der Waals surface area contributed by atoms with Gasteiger partial charge in [-0.2, -0.15) is 0 Å². The zero-order valence-electron chi connectivity index (χ0n) is 14.8. The van der Waals surface area contributed by atoms with Crippen molar-refractivity contribution >= 4 is 57.4 Å². The highest BCUT2D eigenvalue weighted by Gasteiger charge is 2.10. The van der Waals surface area contributed by atoms with Crippen molar-refractivity contribution in [1.82, 2.24) is 10.2 Å². The minimum atomic E-state index is -0.256. The number of anilines is 1. The predicted molar refractivity (Wildman–Crippen MR) is 116 cm³/mol. The summed E-state index contributed by atoms with van der Waals surface area (Å²) in [6.45, 7) is 1.99. The Hall–Kier alpha value is -2.00. The number of thiocarbonyl (C=S) groups is 1. The maximum absolute atomic E-state index is 12.3. The van der Waals surface area contributed by atoms with Gasteiger partial charge in [-0.1, -0.05) is 18.2 Å². The number of hydrogen-bond donors (Lipinski definition) is 2. The highest BCUT2D eigenvalue weighted by Crippen LogP contribution is 2.14. The molecule has 26 heavy (non-hydrogen) atoms. The third-order valence-electron chi connectivity index (χ3n) is 3.73. The molecule has 0 saturated heterocycles. The molecule has 0 aromatic heterocycles. The molecule has 2 aromatic rings. The summed E-state index contributed by atoms with van der Waals surface area (Å²) < 4.78 is 1.02. The molecular formula is C19H20IN3O2S. The summed E-state index contributed by atoms with van der Waals surface area (Å²) in [4.78, 5) is 25.5. The van der Waals surface area contributed by atoms with Crippen molar-refractivity contribution in [3.05, 3.63) is 62.7 Å². The lowest BCUT2D eigenvalue weighted by molar-refractivity contribution is -0.127. The first-order valence-corrected chi connectivity index (χ1v) is 9.42. The van der Waals surface area contributed by atoms with Crippen LogP contribution in [-0.4, -0.2) is 35.9 Å². The summed E-state index contributed by atoms with van der Waals surface area (Å²) in [5, 5.41) is 5.87. The number of amides is 2. The summed E-state index contributed by atoms with van der Waals surface area (Å²) in [6, 6.07) is 12.9. The highest BCUT2D eigenvalue weighted by molar-refractivity contribution is 14.1. The minimum Gasteiger partial charge on any atom is -0.349 e. The van der Waals surface area contributed by atoms with Gasteiger partial charge in [0.15, 0.2) is 5.11 Å². The molecule has 0 spiro atoms. The van der Waals surface area contributed by atoms with Crippen molar-refractivity contribution in [2.75, 3.05) is 19.4 Å². The van der Waals surface area contributed by atoms with Crippen molar-refractivity contribution in [2.24, 2.45) is 0 Å². The van der Waals surface area contributed by atoms with Crippen LogP contribution < -0.4 is 10.6 Å². The Morgan fingerprint density at radius 3 is 2.35 bits per heavy atom. The molecule has 0 aliphatic rings. The Bertz CT molecular complexity index is 835. The van der Waals surface area contributed by atoms with Gasteiger partial charge >= 0.3 is 0 Å². The normalized spacial score (nSPS) is 10.2. The number of likely N-dealkylation sites (N-methyl/N-ethyl adjacent to an activating group) is 1. The largest absolute Gasteiger partial charge is 0.349 e. The van der Waals surface area contributed by atoms with Crippen molar-refractivity contribution in [3.8, 4) is 0 Å². The van der Waals surface area contributed by atoms with Gasteiger partial charge < -0.3 is 10.2 Å². The molecule has 0 bridgehead atoms. The fraction of sp³-hybridized carbons (Fsp3) is 0.211. The van der Waals surface area contributed by atoms with Crippen LogP contribution in [0.1, 0.15) is 21.5 Å². The van der Waals surface area contributed by atoms with E-state index in [1.54, 1.807) is 25.1 Å². The van der Waals surface area contributed by atoms with E-state index in [2.05, 4.69) is 33.2 Å². The van der Waals surface area contributed by atoms with Crippen molar-refractivity contribution in [1.29, 1.82) is 0 Å². The number of nitrogens with zero attached hydrogens (tertiary/aromatic N) is 1. The second-order valence-electron chi connectivity index (χ2n) is 6.03. The van der Waals surface area contributed by atoms with Crippen LogP contribution >= 0.6 is 34.8 Å². The van der Waals surface area contributed by atoms with Crippen LogP contribution in [-0.2, 0) is 11.2 Å². The topological polar surface area (TPSA) is 61.4 Å². The molecule has 0 unspecified atom stereocenters. The molecule has 0 heterocycles. The molecule has 2 amide bonds. The first-order chi connectivity index (χ1) is 12.3. The average Bonchev–Trinajstić information content (AvgIpc) is 2.58. The van der Waals surface area contributed by atoms with Crippen molar-refractivity contribution < 1.29 is 9.59 Å². The molecule has 5 nitrogen and oxygen atoms in total. The van der Waals surface area contributed by atoms with Gasteiger partial charge in [0.2, 0.25) is 5.91 Å². The van der Waals surface area contributed by atoms with E-state index in [9.17, 15) is 9.59 Å². The number of carbonyl (C=O) groups is 2. The second-order valence-corrected chi connectivity index (χ2v) is 7.60. The van der Waals surface area contributed by atoms with Crippen LogP contribution in [0.2, 0.25) is 0 Å². The van der Waals surface area contributed by atoms with Gasteiger partial charge in [-0.3, -0.25) is 14.9 Å². The first kappa shape index (κ1) is 20.3. The van der Waals surface area contributed by atoms with Gasteiger partial charge in [0.1, 0.15) is 0 Å². The van der Waals surface area contributed by atoms with E-state index in [4.69, 9.17) is 12.2 Å². The van der Waals surface area contributed by atoms with Gasteiger partial charge in [-0.05, 0) is 77.1 Å². The van der Waals surface area contributed by atoms with E-state index in [0.29, 0.717) is 12.0 Å². The quantitative estimate of drug-likeness (QED) is 0.520. The second kappa shape index (κ2) is 9.09. The molecule has 0 aliphatic carbocycles. The summed E-state index contributed by atoms with van der Waals surface area (Å²) in [7, 11) is 3.46. The lowest BCUT2D eigenvalue weighted by Crippen LogP contribution is -2.34. The van der Waals surface area contributed by atoms with Gasteiger partial charge in [0.05, 0.1) is 6.42 Å². The molecule has 2 N–H and O–H groups in total. The van der Waals surface area contributed by atoms with Crippen LogP contribution in [0, 0.1) is 10.5 Å². The third-order valence-corrected chi connectivity index (χ3v) is 5.09. The summed E-state index contributed by atoms with van der Waals surface area (Å²) in [5.74, 6) is -0.213. The van der Waals surface area contributed by atoms with Gasteiger partial charge in [0, 0.05) is 28.9 Å². The Kier molecular flexibility index (Phi) is 7.10. The van der Waals surface area contributed by atoms with E-state index in [1.807, 2.05) is 43.3 Å². The van der Waals surface area contributed by atoms with E-state index < -0.39 is 0 Å². The van der Waals surface area contributed by atoms with Crippen LogP contribution in [0.25, 0.3) is 0 Å². The Morgan fingerprint density at radius 1 is 1.12 bits per heavy atom. The van der Waals surface area contributed by atoms with E-state index in [1.165, 1.54) is 0 Å². The Morgan fingerprint density at radius 2 is 1.77 bits per heavy atom. The summed E-state index contributed by atoms with van der Waals surface area (Å²) in [5.41, 5.74) is 3.34. The smallest absolute Gasteiger partial charge is 0.257 e. The first-order valence-electron chi connectivity index (χ1n) is 7.94. The molecule has 7 heteroatoms. The van der Waals surface area contributed by atoms with Crippen LogP contribution in [0.5, 0.6) is 0 Å². The minimum absolute atomic E-state index is 0.0428. The van der Waals surface area contributed by atoms with Crippen LogP contribution in [0.3, 0.4) is 0 Å². The molecule has 136 valence electrons. The Labute approximate surface area is 172 Å². The lowest BCUT2D eigenvalue weighted by Gasteiger charge is -2.12. The van der Waals surface area contributed by atoms with Crippen LogP contribution in [0.15, 0.2) is 42.5 Å². The fourth-order valence-electron chi connectivity index (χ4n) is 2.11. The number of carbonyl (C=O) groups excluding carboxylic acids is 2. The summed E-state index contributed by atoms with van der Waals surface area (Å²) >= 11 is 7.40. The van der Waals surface area contributed by atoms with Crippen molar-refractivity contribution in [3.63, 3.8) is 0 Å². The lowest BCUT2D eigenvalue weighted by atomic mass is 10.1. The number of aryl methyl sites for hydroxylation is 1. The molecule has 2 aromatic carbocycles. The molecule has 0 fully saturated rings. The molecule has 0 aliphatic heterocycles. The fourth-order valence-corrected chi connectivity index (χ4v) is 2.84. The number of benzene rings is 2. The number of hydrogen-bond acceptors (Lipinski definition) is 3. The Balaban J connectivity index is 1.93. The third kappa shape index (κ3) is 5.77. The van der Waals surface area contributed by atoms with E-state index >= 15 is 0 Å². The number of halogens is 1. The van der Waals surface area contributed by atoms with Gasteiger partial charge in [-0.15, -0.1) is 0 Å². The molecular weight excluding hydrogens is 461 g/mol. The summed E-state index contributed by atoms with van der Waals surface area (Å²) in [6.07, 6.45) is 0.348. The highest BCUT2D eigenvalue weighted by atomic mass is 127. The van der Waals surface area contributed by atoms with Crippen molar-refractivity contribution in [2.45, 2.75) is 13.3 Å². The molecule has 0 radical (unpaired) electrons. The molecule has 2 rings (SSSR count). The maximum atomic E-state index is 12.3. The monoisotopic (exact) mass is 481 g/mol.